The minimum absolute atomic E-state index is 0.0879. The molecule has 0 aliphatic carbocycles. The maximum Gasteiger partial charge on any atom is 0.573 e. The number of benzene rings is 2. The maximum atomic E-state index is 13.0. The van der Waals surface area contributed by atoms with E-state index < -0.39 is 6.36 Å². The van der Waals surface area contributed by atoms with Gasteiger partial charge in [-0.25, -0.2) is 9.37 Å². The Hall–Kier alpha value is -3.56. The number of rotatable bonds is 7. The predicted molar refractivity (Wildman–Crippen MR) is 107 cm³/mol. The van der Waals surface area contributed by atoms with Crippen molar-refractivity contribution in [2.45, 2.75) is 19.3 Å². The predicted octanol–water partition coefficient (Wildman–Crippen LogP) is 4.29. The van der Waals surface area contributed by atoms with Crippen LogP contribution < -0.4 is 15.4 Å². The zero-order chi connectivity index (χ0) is 22.3. The Morgan fingerprint density at radius 3 is 2.55 bits per heavy atom. The zero-order valence-corrected chi connectivity index (χ0v) is 16.5. The first-order valence-corrected chi connectivity index (χ1v) is 9.32. The van der Waals surface area contributed by atoms with E-state index in [1.807, 2.05) is 0 Å². The molecule has 0 aliphatic rings. The lowest BCUT2D eigenvalue weighted by Crippen LogP contribution is -2.38. The second-order valence-electron chi connectivity index (χ2n) is 6.41. The molecule has 0 fully saturated rings. The highest BCUT2D eigenvalue weighted by Crippen LogP contribution is 2.26. The third-order valence-electron chi connectivity index (χ3n) is 4.18. The summed E-state index contributed by atoms with van der Waals surface area (Å²) < 4.78 is 60.1. The second kappa shape index (κ2) is 9.96. The molecule has 3 aromatic rings. The molecule has 0 amide bonds. The summed E-state index contributed by atoms with van der Waals surface area (Å²) in [5.74, 6) is 0.183. The van der Waals surface area contributed by atoms with Crippen molar-refractivity contribution in [3.8, 4) is 17.2 Å². The Bertz CT molecular complexity index is 1020. The van der Waals surface area contributed by atoms with Gasteiger partial charge in [0.1, 0.15) is 17.8 Å². The summed E-state index contributed by atoms with van der Waals surface area (Å²) in [5, 5.41) is 6.00. The van der Waals surface area contributed by atoms with Crippen LogP contribution in [0.15, 0.2) is 64.2 Å². The van der Waals surface area contributed by atoms with Crippen LogP contribution in [0.2, 0.25) is 0 Å². The summed E-state index contributed by atoms with van der Waals surface area (Å²) >= 11 is 0. The van der Waals surface area contributed by atoms with Gasteiger partial charge in [-0.05, 0) is 30.3 Å². The van der Waals surface area contributed by atoms with Crippen LogP contribution in [0.25, 0.3) is 11.5 Å². The molecular weight excluding hydrogens is 416 g/mol. The summed E-state index contributed by atoms with van der Waals surface area (Å²) in [7, 11) is 1.55. The van der Waals surface area contributed by atoms with Crippen LogP contribution in [0, 0.1) is 5.82 Å². The first-order valence-electron chi connectivity index (χ1n) is 9.32. The fourth-order valence-corrected chi connectivity index (χ4v) is 2.73. The number of para-hydroxylation sites is 1. The van der Waals surface area contributed by atoms with E-state index in [9.17, 15) is 17.6 Å². The molecule has 10 heteroatoms. The molecule has 0 saturated carbocycles. The average Bonchev–Trinajstić information content (AvgIpc) is 3.20. The van der Waals surface area contributed by atoms with Crippen LogP contribution in [0.1, 0.15) is 11.3 Å². The minimum atomic E-state index is -4.76. The highest BCUT2D eigenvalue weighted by molar-refractivity contribution is 5.79. The summed E-state index contributed by atoms with van der Waals surface area (Å²) in [5.41, 5.74) is 1.69. The molecule has 0 unspecified atom stereocenters. The molecule has 0 atom stereocenters. The zero-order valence-electron chi connectivity index (χ0n) is 16.5. The van der Waals surface area contributed by atoms with Crippen molar-refractivity contribution < 1.29 is 26.7 Å². The quantitative estimate of drug-likeness (QED) is 0.329. The maximum absolute atomic E-state index is 13.0. The van der Waals surface area contributed by atoms with Crippen molar-refractivity contribution in [3.63, 3.8) is 0 Å². The fourth-order valence-electron chi connectivity index (χ4n) is 2.73. The van der Waals surface area contributed by atoms with E-state index >= 15 is 0 Å². The van der Waals surface area contributed by atoms with Gasteiger partial charge in [-0.3, -0.25) is 4.99 Å². The first kappa shape index (κ1) is 22.1. The van der Waals surface area contributed by atoms with Gasteiger partial charge in [0.05, 0.1) is 5.69 Å². The molecule has 0 spiro atoms. The lowest BCUT2D eigenvalue weighted by atomic mass is 10.2. The van der Waals surface area contributed by atoms with Gasteiger partial charge in [-0.2, -0.15) is 0 Å². The number of guanidine groups is 1. The van der Waals surface area contributed by atoms with Crippen LogP contribution >= 0.6 is 0 Å². The number of ether oxygens (including phenoxy) is 1. The van der Waals surface area contributed by atoms with Crippen LogP contribution in [-0.2, 0) is 13.0 Å². The van der Waals surface area contributed by atoms with E-state index in [0.717, 1.165) is 0 Å². The molecule has 0 bridgehead atoms. The van der Waals surface area contributed by atoms with Crippen LogP contribution in [0.3, 0.4) is 0 Å². The Morgan fingerprint density at radius 1 is 1.10 bits per heavy atom. The molecule has 1 aromatic heterocycles. The SMILES string of the molecule is CN=C(NCCc1coc(-c2ccc(F)cc2)n1)NCc1ccccc1OC(F)(F)F. The van der Waals surface area contributed by atoms with E-state index in [1.54, 1.807) is 25.2 Å². The molecular formula is C21H20F4N4O2. The number of oxazole rings is 1. The molecule has 0 radical (unpaired) electrons. The van der Waals surface area contributed by atoms with Crippen molar-refractivity contribution in [1.82, 2.24) is 15.6 Å². The number of hydrogen-bond donors (Lipinski definition) is 2. The molecule has 2 N–H and O–H groups in total. The van der Waals surface area contributed by atoms with Gasteiger partial charge in [0, 0.05) is 37.7 Å². The van der Waals surface area contributed by atoms with Gasteiger partial charge in [0.15, 0.2) is 5.96 Å². The van der Waals surface area contributed by atoms with Crippen molar-refractivity contribution in [3.05, 3.63) is 71.9 Å². The normalized spacial score (nSPS) is 12.0. The van der Waals surface area contributed by atoms with Crippen LogP contribution in [0.4, 0.5) is 17.6 Å². The van der Waals surface area contributed by atoms with Crippen molar-refractivity contribution in [2.24, 2.45) is 4.99 Å². The van der Waals surface area contributed by atoms with Gasteiger partial charge < -0.3 is 19.8 Å². The van der Waals surface area contributed by atoms with E-state index in [0.29, 0.717) is 41.6 Å². The van der Waals surface area contributed by atoms with Crippen molar-refractivity contribution >= 4 is 5.96 Å². The van der Waals surface area contributed by atoms with Gasteiger partial charge in [0.2, 0.25) is 5.89 Å². The number of hydrogen-bond acceptors (Lipinski definition) is 4. The molecule has 164 valence electrons. The Morgan fingerprint density at radius 2 is 1.84 bits per heavy atom. The van der Waals surface area contributed by atoms with E-state index in [1.165, 1.54) is 36.6 Å². The average molecular weight is 436 g/mol. The third-order valence-corrected chi connectivity index (χ3v) is 4.18. The summed E-state index contributed by atoms with van der Waals surface area (Å²) in [4.78, 5) is 8.41. The van der Waals surface area contributed by atoms with Gasteiger partial charge >= 0.3 is 6.36 Å². The van der Waals surface area contributed by atoms with Crippen molar-refractivity contribution in [2.75, 3.05) is 13.6 Å². The fraction of sp³-hybridized carbons (Fsp3) is 0.238. The van der Waals surface area contributed by atoms with E-state index in [2.05, 4.69) is 25.3 Å². The molecule has 6 nitrogen and oxygen atoms in total. The van der Waals surface area contributed by atoms with Gasteiger partial charge in [-0.15, -0.1) is 13.2 Å². The van der Waals surface area contributed by atoms with Gasteiger partial charge in [0.25, 0.3) is 0 Å². The molecule has 0 saturated heterocycles. The topological polar surface area (TPSA) is 71.7 Å². The number of nitrogens with zero attached hydrogens (tertiary/aromatic N) is 2. The third kappa shape index (κ3) is 6.73. The molecule has 0 aliphatic heterocycles. The minimum Gasteiger partial charge on any atom is -0.444 e. The summed E-state index contributed by atoms with van der Waals surface area (Å²) in [6.45, 7) is 0.542. The molecule has 3 rings (SSSR count). The Balaban J connectivity index is 1.50. The monoisotopic (exact) mass is 436 g/mol. The highest BCUT2D eigenvalue weighted by Gasteiger charge is 2.31. The Kier molecular flexibility index (Phi) is 7.11. The lowest BCUT2D eigenvalue weighted by Gasteiger charge is -2.15. The summed E-state index contributed by atoms with van der Waals surface area (Å²) in [6, 6.07) is 11.7. The largest absolute Gasteiger partial charge is 0.573 e. The van der Waals surface area contributed by atoms with Crippen molar-refractivity contribution in [1.29, 1.82) is 0 Å². The molecule has 1 heterocycles. The van der Waals surface area contributed by atoms with Gasteiger partial charge in [-0.1, -0.05) is 18.2 Å². The lowest BCUT2D eigenvalue weighted by molar-refractivity contribution is -0.274. The number of alkyl halides is 3. The first-order chi connectivity index (χ1) is 14.8. The summed E-state index contributed by atoms with van der Waals surface area (Å²) in [6.07, 6.45) is -2.74. The number of nitrogens with one attached hydrogen (secondary N) is 2. The number of halogens is 4. The number of aliphatic imine (C=N–C) groups is 1. The van der Waals surface area contributed by atoms with E-state index in [4.69, 9.17) is 4.42 Å². The standard InChI is InChI=1S/C21H20F4N4O2/c1-26-20(28-12-15-4-2-3-5-18(15)31-21(23,24)25)27-11-10-17-13-30-19(29-17)14-6-8-16(22)9-7-14/h2-9,13H,10-12H2,1H3,(H2,26,27,28). The van der Waals surface area contributed by atoms with Crippen LogP contribution in [0.5, 0.6) is 5.75 Å². The molecule has 2 aromatic carbocycles. The smallest absolute Gasteiger partial charge is 0.444 e. The molecule has 31 heavy (non-hydrogen) atoms. The number of aromatic nitrogens is 1. The second-order valence-corrected chi connectivity index (χ2v) is 6.41. The Labute approximate surface area is 176 Å². The highest BCUT2D eigenvalue weighted by atomic mass is 19.4. The van der Waals surface area contributed by atoms with Crippen LogP contribution in [-0.4, -0.2) is 30.9 Å². The van der Waals surface area contributed by atoms with E-state index in [-0.39, 0.29) is 18.1 Å².